The van der Waals surface area contributed by atoms with Crippen molar-refractivity contribution in [2.45, 2.75) is 25.8 Å². The van der Waals surface area contributed by atoms with Crippen molar-refractivity contribution in [3.8, 4) is 0 Å². The Morgan fingerprint density at radius 3 is 2.80 bits per heavy atom. The first kappa shape index (κ1) is 12.8. The number of benzene rings is 1. The third-order valence-electron chi connectivity index (χ3n) is 2.24. The smallest absolute Gasteiger partial charge is 0.0464 e. The molecule has 82 valence electrons. The number of allylic oxidation sites excluding steroid dienone is 1. The van der Waals surface area contributed by atoms with Gasteiger partial charge in [0, 0.05) is 15.5 Å². The van der Waals surface area contributed by atoms with Crippen LogP contribution in [0.1, 0.15) is 31.4 Å². The van der Waals surface area contributed by atoms with Gasteiger partial charge in [0.1, 0.15) is 0 Å². The molecular weight excluding hydrogens is 273 g/mol. The monoisotopic (exact) mass is 287 g/mol. The minimum atomic E-state index is -0.0118. The molecule has 0 aromatic heterocycles. The van der Waals surface area contributed by atoms with E-state index in [-0.39, 0.29) is 6.04 Å². The van der Waals surface area contributed by atoms with Crippen LogP contribution >= 0.6 is 27.5 Å². The molecule has 3 heteroatoms. The predicted molar refractivity (Wildman–Crippen MR) is 70.1 cm³/mol. The third-order valence-corrected chi connectivity index (χ3v) is 3.06. The molecule has 2 N–H and O–H groups in total. The Morgan fingerprint density at radius 1 is 1.60 bits per heavy atom. The first-order valence-electron chi connectivity index (χ1n) is 4.85. The molecule has 1 aromatic carbocycles. The maximum atomic E-state index is 6.11. The highest BCUT2D eigenvalue weighted by molar-refractivity contribution is 9.10. The summed E-state index contributed by atoms with van der Waals surface area (Å²) >= 11 is 9.48. The maximum absolute atomic E-state index is 6.11. The summed E-state index contributed by atoms with van der Waals surface area (Å²) in [5.74, 6) is 0. The van der Waals surface area contributed by atoms with Gasteiger partial charge in [0.2, 0.25) is 0 Å². The third kappa shape index (κ3) is 3.98. The molecule has 0 bridgehead atoms. The highest BCUT2D eigenvalue weighted by Gasteiger charge is 2.09. The molecule has 1 aromatic rings. The maximum Gasteiger partial charge on any atom is 0.0464 e. The number of nitrogens with two attached hydrogens (primary N) is 1. The van der Waals surface area contributed by atoms with E-state index in [2.05, 4.69) is 22.5 Å². The van der Waals surface area contributed by atoms with Crippen molar-refractivity contribution in [3.63, 3.8) is 0 Å². The standard InChI is InChI=1S/C12H15BrClN/c1-8(2)3-6-12(15)10-5-4-9(13)7-11(10)14/h4-5,7,12H,1,3,6,15H2,2H3. The lowest BCUT2D eigenvalue weighted by molar-refractivity contribution is 0.649. The van der Waals surface area contributed by atoms with Crippen molar-refractivity contribution in [3.05, 3.63) is 45.4 Å². The Bertz CT molecular complexity index is 363. The van der Waals surface area contributed by atoms with Crippen molar-refractivity contribution in [1.29, 1.82) is 0 Å². The summed E-state index contributed by atoms with van der Waals surface area (Å²) in [7, 11) is 0. The van der Waals surface area contributed by atoms with Crippen LogP contribution in [0.25, 0.3) is 0 Å². The summed E-state index contributed by atoms with van der Waals surface area (Å²) in [5, 5.41) is 0.721. The molecule has 0 aliphatic carbocycles. The first-order chi connectivity index (χ1) is 7.00. The molecule has 0 saturated carbocycles. The quantitative estimate of drug-likeness (QED) is 0.813. The number of rotatable bonds is 4. The molecule has 15 heavy (non-hydrogen) atoms. The van der Waals surface area contributed by atoms with Crippen molar-refractivity contribution in [2.24, 2.45) is 5.73 Å². The Balaban J connectivity index is 2.73. The number of hydrogen-bond donors (Lipinski definition) is 1. The molecule has 0 aliphatic rings. The highest BCUT2D eigenvalue weighted by atomic mass is 79.9. The predicted octanol–water partition coefficient (Wildman–Crippen LogP) is 4.46. The van der Waals surface area contributed by atoms with Gasteiger partial charge in [-0.1, -0.05) is 39.2 Å². The largest absolute Gasteiger partial charge is 0.324 e. The van der Waals surface area contributed by atoms with Crippen LogP contribution in [0.4, 0.5) is 0 Å². The molecule has 1 nitrogen and oxygen atoms in total. The lowest BCUT2D eigenvalue weighted by atomic mass is 10.0. The van der Waals surface area contributed by atoms with E-state index in [0.717, 1.165) is 33.5 Å². The zero-order chi connectivity index (χ0) is 11.4. The molecule has 0 amide bonds. The van der Waals surface area contributed by atoms with E-state index in [0.29, 0.717) is 0 Å². The van der Waals surface area contributed by atoms with Gasteiger partial charge in [-0.2, -0.15) is 0 Å². The molecule has 0 aliphatic heterocycles. The Morgan fingerprint density at radius 2 is 2.27 bits per heavy atom. The number of halogens is 2. The summed E-state index contributed by atoms with van der Waals surface area (Å²) in [6, 6.07) is 5.79. The number of hydrogen-bond acceptors (Lipinski definition) is 1. The van der Waals surface area contributed by atoms with Crippen molar-refractivity contribution in [1.82, 2.24) is 0 Å². The van der Waals surface area contributed by atoms with E-state index in [1.54, 1.807) is 0 Å². The fourth-order valence-electron chi connectivity index (χ4n) is 1.36. The van der Waals surface area contributed by atoms with Crippen LogP contribution in [-0.2, 0) is 0 Å². The molecule has 1 atom stereocenters. The van der Waals surface area contributed by atoms with E-state index >= 15 is 0 Å². The summed E-state index contributed by atoms with van der Waals surface area (Å²) in [6.07, 6.45) is 1.82. The Labute approximate surface area is 104 Å². The van der Waals surface area contributed by atoms with Crippen molar-refractivity contribution in [2.75, 3.05) is 0 Å². The SMILES string of the molecule is C=C(C)CCC(N)c1ccc(Br)cc1Cl. The molecule has 1 rings (SSSR count). The fourth-order valence-corrected chi connectivity index (χ4v) is 2.17. The lowest BCUT2D eigenvalue weighted by Crippen LogP contribution is -2.10. The van der Waals surface area contributed by atoms with E-state index in [9.17, 15) is 0 Å². The van der Waals surface area contributed by atoms with Crippen LogP contribution < -0.4 is 5.73 Å². The van der Waals surface area contributed by atoms with Gasteiger partial charge in [-0.3, -0.25) is 0 Å². The van der Waals surface area contributed by atoms with Crippen LogP contribution in [0, 0.1) is 0 Å². The summed E-state index contributed by atoms with van der Waals surface area (Å²) in [6.45, 7) is 5.87. The van der Waals surface area contributed by atoms with E-state index in [1.807, 2.05) is 25.1 Å². The van der Waals surface area contributed by atoms with E-state index < -0.39 is 0 Å². The van der Waals surface area contributed by atoms with Crippen LogP contribution in [0.3, 0.4) is 0 Å². The Kier molecular flexibility index (Phi) is 4.84. The van der Waals surface area contributed by atoms with Gasteiger partial charge in [-0.05, 0) is 37.5 Å². The average molecular weight is 289 g/mol. The second-order valence-electron chi connectivity index (χ2n) is 3.77. The zero-order valence-corrected chi connectivity index (χ0v) is 11.1. The summed E-state index contributed by atoms with van der Waals surface area (Å²) in [5.41, 5.74) is 8.21. The highest BCUT2D eigenvalue weighted by Crippen LogP contribution is 2.28. The molecule has 0 spiro atoms. The van der Waals surface area contributed by atoms with Gasteiger partial charge in [0.25, 0.3) is 0 Å². The Hall–Kier alpha value is -0.310. The van der Waals surface area contributed by atoms with E-state index in [1.165, 1.54) is 0 Å². The van der Waals surface area contributed by atoms with Gasteiger partial charge in [0.15, 0.2) is 0 Å². The van der Waals surface area contributed by atoms with Gasteiger partial charge >= 0.3 is 0 Å². The fraction of sp³-hybridized carbons (Fsp3) is 0.333. The normalized spacial score (nSPS) is 12.5. The second kappa shape index (κ2) is 5.69. The van der Waals surface area contributed by atoms with Crippen LogP contribution in [-0.4, -0.2) is 0 Å². The van der Waals surface area contributed by atoms with Gasteiger partial charge in [-0.25, -0.2) is 0 Å². The topological polar surface area (TPSA) is 26.0 Å². The lowest BCUT2D eigenvalue weighted by Gasteiger charge is -2.13. The van der Waals surface area contributed by atoms with Crippen LogP contribution in [0.2, 0.25) is 5.02 Å². The molecule has 1 unspecified atom stereocenters. The molecule has 0 fully saturated rings. The van der Waals surface area contributed by atoms with Crippen LogP contribution in [0.15, 0.2) is 34.8 Å². The van der Waals surface area contributed by atoms with Gasteiger partial charge in [0.05, 0.1) is 0 Å². The summed E-state index contributed by atoms with van der Waals surface area (Å²) in [4.78, 5) is 0. The average Bonchev–Trinajstić information content (AvgIpc) is 2.14. The van der Waals surface area contributed by atoms with Crippen molar-refractivity contribution >= 4 is 27.5 Å². The van der Waals surface area contributed by atoms with Crippen molar-refractivity contribution < 1.29 is 0 Å². The minimum Gasteiger partial charge on any atom is -0.324 e. The first-order valence-corrected chi connectivity index (χ1v) is 6.02. The van der Waals surface area contributed by atoms with Gasteiger partial charge in [-0.15, -0.1) is 6.58 Å². The minimum absolute atomic E-state index is 0.0118. The van der Waals surface area contributed by atoms with Gasteiger partial charge < -0.3 is 5.73 Å². The molecule has 0 heterocycles. The molecule has 0 saturated heterocycles. The second-order valence-corrected chi connectivity index (χ2v) is 5.09. The molecule has 0 radical (unpaired) electrons. The summed E-state index contributed by atoms with van der Waals surface area (Å²) < 4.78 is 0.975. The van der Waals surface area contributed by atoms with E-state index in [4.69, 9.17) is 17.3 Å². The van der Waals surface area contributed by atoms with Crippen LogP contribution in [0.5, 0.6) is 0 Å². The molecular formula is C12H15BrClN. The zero-order valence-electron chi connectivity index (χ0n) is 8.76.